The van der Waals surface area contributed by atoms with E-state index in [4.69, 9.17) is 9.47 Å². The molecule has 2 rings (SSSR count). The van der Waals surface area contributed by atoms with Gasteiger partial charge in [0.05, 0.1) is 18.8 Å². The van der Waals surface area contributed by atoms with E-state index in [9.17, 15) is 5.11 Å². The van der Waals surface area contributed by atoms with E-state index in [-0.39, 0.29) is 12.1 Å². The SMILES string of the molecule is CC1CCC(CNC2(CO)CCOCC2)O1. The van der Waals surface area contributed by atoms with E-state index >= 15 is 0 Å². The van der Waals surface area contributed by atoms with Crippen LogP contribution < -0.4 is 5.32 Å². The zero-order chi connectivity index (χ0) is 11.4. The molecule has 2 N–H and O–H groups in total. The van der Waals surface area contributed by atoms with E-state index in [0.717, 1.165) is 45.4 Å². The molecule has 0 saturated carbocycles. The van der Waals surface area contributed by atoms with Crippen LogP contribution in [0.15, 0.2) is 0 Å². The van der Waals surface area contributed by atoms with Gasteiger partial charge in [0.15, 0.2) is 0 Å². The molecule has 2 aliphatic heterocycles. The molecule has 2 aliphatic rings. The van der Waals surface area contributed by atoms with E-state index in [2.05, 4.69) is 12.2 Å². The van der Waals surface area contributed by atoms with Crippen LogP contribution in [-0.4, -0.2) is 49.2 Å². The summed E-state index contributed by atoms with van der Waals surface area (Å²) >= 11 is 0. The van der Waals surface area contributed by atoms with Crippen molar-refractivity contribution in [2.75, 3.05) is 26.4 Å². The number of hydrogen-bond donors (Lipinski definition) is 2. The molecule has 0 aromatic rings. The predicted octanol–water partition coefficient (Wildman–Crippen LogP) is 0.685. The molecule has 94 valence electrons. The third-order valence-corrected chi connectivity index (χ3v) is 3.78. The standard InChI is InChI=1S/C12H23NO3/c1-10-2-3-11(16-10)8-13-12(9-14)4-6-15-7-5-12/h10-11,13-14H,2-9H2,1H3. The first-order chi connectivity index (χ1) is 7.74. The zero-order valence-corrected chi connectivity index (χ0v) is 10.1. The van der Waals surface area contributed by atoms with Gasteiger partial charge in [-0.05, 0) is 32.6 Å². The van der Waals surface area contributed by atoms with Crippen molar-refractivity contribution in [3.63, 3.8) is 0 Å². The molecule has 0 bridgehead atoms. The Morgan fingerprint density at radius 1 is 1.31 bits per heavy atom. The molecule has 16 heavy (non-hydrogen) atoms. The highest BCUT2D eigenvalue weighted by Crippen LogP contribution is 2.22. The second kappa shape index (κ2) is 5.45. The van der Waals surface area contributed by atoms with Crippen molar-refractivity contribution in [1.29, 1.82) is 0 Å². The molecular formula is C12H23NO3. The Kier molecular flexibility index (Phi) is 4.19. The summed E-state index contributed by atoms with van der Waals surface area (Å²) in [5, 5.41) is 13.0. The first-order valence-electron chi connectivity index (χ1n) is 6.33. The lowest BCUT2D eigenvalue weighted by molar-refractivity contribution is -0.00136. The average molecular weight is 229 g/mol. The van der Waals surface area contributed by atoms with Crippen molar-refractivity contribution in [2.24, 2.45) is 0 Å². The van der Waals surface area contributed by atoms with Crippen LogP contribution in [0.25, 0.3) is 0 Å². The minimum Gasteiger partial charge on any atom is -0.394 e. The number of aliphatic hydroxyl groups excluding tert-OH is 1. The molecule has 0 amide bonds. The Morgan fingerprint density at radius 2 is 2.06 bits per heavy atom. The summed E-state index contributed by atoms with van der Waals surface area (Å²) in [6.07, 6.45) is 4.79. The largest absolute Gasteiger partial charge is 0.394 e. The Balaban J connectivity index is 1.78. The van der Waals surface area contributed by atoms with Crippen molar-refractivity contribution in [3.05, 3.63) is 0 Å². The van der Waals surface area contributed by atoms with Crippen molar-refractivity contribution in [2.45, 2.75) is 50.4 Å². The second-order valence-corrected chi connectivity index (χ2v) is 5.08. The Hall–Kier alpha value is -0.160. The highest BCUT2D eigenvalue weighted by Gasteiger charge is 2.33. The molecule has 0 spiro atoms. The minimum absolute atomic E-state index is 0.132. The summed E-state index contributed by atoms with van der Waals surface area (Å²) in [4.78, 5) is 0. The summed E-state index contributed by atoms with van der Waals surface area (Å²) in [6, 6.07) is 0. The van der Waals surface area contributed by atoms with Gasteiger partial charge in [-0.25, -0.2) is 0 Å². The van der Waals surface area contributed by atoms with Gasteiger partial charge in [-0.2, -0.15) is 0 Å². The smallest absolute Gasteiger partial charge is 0.0704 e. The third kappa shape index (κ3) is 2.94. The summed E-state index contributed by atoms with van der Waals surface area (Å²) in [5.74, 6) is 0. The monoisotopic (exact) mass is 229 g/mol. The molecule has 2 heterocycles. The summed E-state index contributed by atoms with van der Waals surface area (Å²) < 4.78 is 11.1. The quantitative estimate of drug-likeness (QED) is 0.744. The molecule has 0 radical (unpaired) electrons. The van der Waals surface area contributed by atoms with Crippen LogP contribution in [0.2, 0.25) is 0 Å². The first-order valence-corrected chi connectivity index (χ1v) is 6.33. The van der Waals surface area contributed by atoms with Crippen LogP contribution in [0.4, 0.5) is 0 Å². The van der Waals surface area contributed by atoms with Crippen LogP contribution in [0.1, 0.15) is 32.6 Å². The summed E-state index contributed by atoms with van der Waals surface area (Å²) in [5.41, 5.74) is -0.132. The number of aliphatic hydroxyl groups is 1. The van der Waals surface area contributed by atoms with Crippen molar-refractivity contribution in [3.8, 4) is 0 Å². The highest BCUT2D eigenvalue weighted by molar-refractivity contribution is 4.90. The average Bonchev–Trinajstić information content (AvgIpc) is 2.74. The Bertz CT molecular complexity index is 216. The fourth-order valence-corrected chi connectivity index (χ4v) is 2.52. The number of ether oxygens (including phenoxy) is 2. The van der Waals surface area contributed by atoms with Gasteiger partial charge in [0.2, 0.25) is 0 Å². The van der Waals surface area contributed by atoms with Crippen LogP contribution >= 0.6 is 0 Å². The van der Waals surface area contributed by atoms with Crippen LogP contribution in [0.3, 0.4) is 0 Å². The zero-order valence-electron chi connectivity index (χ0n) is 10.1. The molecule has 0 aromatic heterocycles. The predicted molar refractivity (Wildman–Crippen MR) is 61.4 cm³/mol. The summed E-state index contributed by atoms with van der Waals surface area (Å²) in [6.45, 7) is 4.66. The van der Waals surface area contributed by atoms with Gasteiger partial charge in [-0.1, -0.05) is 0 Å². The molecule has 2 fully saturated rings. The second-order valence-electron chi connectivity index (χ2n) is 5.08. The molecule has 2 unspecified atom stereocenters. The van der Waals surface area contributed by atoms with Crippen LogP contribution in [0, 0.1) is 0 Å². The fraction of sp³-hybridized carbons (Fsp3) is 1.00. The maximum atomic E-state index is 9.51. The maximum Gasteiger partial charge on any atom is 0.0704 e. The van der Waals surface area contributed by atoms with Crippen molar-refractivity contribution < 1.29 is 14.6 Å². The lowest BCUT2D eigenvalue weighted by atomic mass is 9.91. The van der Waals surface area contributed by atoms with Crippen LogP contribution in [0.5, 0.6) is 0 Å². The Labute approximate surface area is 97.3 Å². The van der Waals surface area contributed by atoms with E-state index in [0.29, 0.717) is 12.2 Å². The van der Waals surface area contributed by atoms with Crippen molar-refractivity contribution in [1.82, 2.24) is 5.32 Å². The van der Waals surface area contributed by atoms with E-state index in [1.165, 1.54) is 0 Å². The maximum absolute atomic E-state index is 9.51. The topological polar surface area (TPSA) is 50.7 Å². The van der Waals surface area contributed by atoms with Gasteiger partial charge in [-0.3, -0.25) is 0 Å². The highest BCUT2D eigenvalue weighted by atomic mass is 16.5. The molecule has 2 atom stereocenters. The number of nitrogens with one attached hydrogen (secondary N) is 1. The van der Waals surface area contributed by atoms with E-state index < -0.39 is 0 Å². The molecule has 0 aromatic carbocycles. The van der Waals surface area contributed by atoms with Gasteiger partial charge in [0.25, 0.3) is 0 Å². The van der Waals surface area contributed by atoms with E-state index in [1.54, 1.807) is 0 Å². The summed E-state index contributed by atoms with van der Waals surface area (Å²) in [7, 11) is 0. The minimum atomic E-state index is -0.132. The molecule has 0 aliphatic carbocycles. The Morgan fingerprint density at radius 3 is 2.62 bits per heavy atom. The molecular weight excluding hydrogens is 206 g/mol. The van der Waals surface area contributed by atoms with Gasteiger partial charge < -0.3 is 19.9 Å². The van der Waals surface area contributed by atoms with Gasteiger partial charge in [0.1, 0.15) is 0 Å². The lowest BCUT2D eigenvalue weighted by Crippen LogP contribution is -2.54. The van der Waals surface area contributed by atoms with Gasteiger partial charge in [-0.15, -0.1) is 0 Å². The van der Waals surface area contributed by atoms with Gasteiger partial charge >= 0.3 is 0 Å². The first kappa shape index (κ1) is 12.3. The normalized spacial score (nSPS) is 34.1. The fourth-order valence-electron chi connectivity index (χ4n) is 2.52. The van der Waals surface area contributed by atoms with E-state index in [1.807, 2.05) is 0 Å². The molecule has 2 saturated heterocycles. The third-order valence-electron chi connectivity index (χ3n) is 3.78. The number of hydrogen-bond acceptors (Lipinski definition) is 4. The molecule has 4 heteroatoms. The number of rotatable bonds is 4. The van der Waals surface area contributed by atoms with Crippen LogP contribution in [-0.2, 0) is 9.47 Å². The van der Waals surface area contributed by atoms with Gasteiger partial charge in [0, 0.05) is 25.3 Å². The van der Waals surface area contributed by atoms with Crippen molar-refractivity contribution >= 4 is 0 Å². The lowest BCUT2D eigenvalue weighted by Gasteiger charge is -2.37. The molecule has 4 nitrogen and oxygen atoms in total.